The van der Waals surface area contributed by atoms with E-state index in [-0.39, 0.29) is 11.3 Å². The van der Waals surface area contributed by atoms with Crippen molar-refractivity contribution < 1.29 is 4.79 Å². The highest BCUT2D eigenvalue weighted by atomic mass is 35.5. The predicted octanol–water partition coefficient (Wildman–Crippen LogP) is 3.78. The topological polar surface area (TPSA) is 39.1 Å². The Hall–Kier alpha value is -3.09. The van der Waals surface area contributed by atoms with Gasteiger partial charge in [0.1, 0.15) is 0 Å². The van der Waals surface area contributed by atoms with Crippen LogP contribution in [0.1, 0.15) is 21.5 Å². The van der Waals surface area contributed by atoms with Gasteiger partial charge in [0.2, 0.25) is 5.78 Å². The van der Waals surface area contributed by atoms with E-state index in [1.807, 2.05) is 30.3 Å². The molecule has 0 aliphatic heterocycles. The van der Waals surface area contributed by atoms with Crippen LogP contribution in [-0.4, -0.2) is 10.4 Å². The van der Waals surface area contributed by atoms with Crippen molar-refractivity contribution in [1.29, 1.82) is 0 Å². The maximum atomic E-state index is 12.3. The quantitative estimate of drug-likeness (QED) is 0.534. The Balaban J connectivity index is 1.86. The molecule has 2 aromatic carbocycles. The molecule has 0 saturated carbocycles. The van der Waals surface area contributed by atoms with E-state index in [1.165, 1.54) is 16.7 Å². The molecular formula is C21H14ClNO2. The van der Waals surface area contributed by atoms with Gasteiger partial charge in [-0.15, -0.1) is 0 Å². The van der Waals surface area contributed by atoms with Gasteiger partial charge in [-0.25, -0.2) is 0 Å². The molecule has 0 unspecified atom stereocenters. The van der Waals surface area contributed by atoms with E-state index in [0.29, 0.717) is 22.7 Å². The first-order valence-corrected chi connectivity index (χ1v) is 8.06. The summed E-state index contributed by atoms with van der Waals surface area (Å²) in [4.78, 5) is 24.3. The number of carbonyl (C=O) groups excluding carboxylic acids is 1. The van der Waals surface area contributed by atoms with Crippen molar-refractivity contribution in [3.63, 3.8) is 0 Å². The third-order valence-electron chi connectivity index (χ3n) is 3.63. The molecule has 0 amide bonds. The SMILES string of the molecule is O=C(C#Cc1ccccc1Cl)c1ccc(=O)n(Cc2ccccc2)c1. The minimum Gasteiger partial charge on any atom is -0.310 e. The lowest BCUT2D eigenvalue weighted by atomic mass is 10.1. The van der Waals surface area contributed by atoms with Crippen LogP contribution < -0.4 is 5.56 Å². The molecule has 1 heterocycles. The van der Waals surface area contributed by atoms with Gasteiger partial charge in [0.15, 0.2) is 0 Å². The van der Waals surface area contributed by atoms with Gasteiger partial charge in [-0.3, -0.25) is 9.59 Å². The van der Waals surface area contributed by atoms with Gasteiger partial charge in [0, 0.05) is 23.4 Å². The molecular weight excluding hydrogens is 334 g/mol. The molecule has 0 bridgehead atoms. The third-order valence-corrected chi connectivity index (χ3v) is 3.96. The standard InChI is InChI=1S/C21H14ClNO2/c22-19-9-5-4-8-17(19)10-12-20(24)18-11-13-21(25)23(15-18)14-16-6-2-1-3-7-16/h1-9,11,13,15H,14H2. The fourth-order valence-corrected chi connectivity index (χ4v) is 2.51. The highest BCUT2D eigenvalue weighted by molar-refractivity contribution is 6.31. The van der Waals surface area contributed by atoms with Crippen molar-refractivity contribution >= 4 is 17.4 Å². The number of carbonyl (C=O) groups is 1. The minimum absolute atomic E-state index is 0.167. The first-order valence-electron chi connectivity index (χ1n) is 7.69. The molecule has 3 aromatic rings. The van der Waals surface area contributed by atoms with E-state index in [2.05, 4.69) is 11.8 Å². The van der Waals surface area contributed by atoms with Crippen LogP contribution >= 0.6 is 11.6 Å². The van der Waals surface area contributed by atoms with Crippen molar-refractivity contribution in [1.82, 2.24) is 4.57 Å². The number of nitrogens with zero attached hydrogens (tertiary/aromatic N) is 1. The molecule has 3 rings (SSSR count). The normalized spacial score (nSPS) is 9.96. The second-order valence-electron chi connectivity index (χ2n) is 5.43. The zero-order valence-corrected chi connectivity index (χ0v) is 14.0. The predicted molar refractivity (Wildman–Crippen MR) is 98.9 cm³/mol. The molecule has 25 heavy (non-hydrogen) atoms. The number of pyridine rings is 1. The average molecular weight is 348 g/mol. The summed E-state index contributed by atoms with van der Waals surface area (Å²) in [5, 5.41) is 0.497. The molecule has 1 aromatic heterocycles. The smallest absolute Gasteiger partial charge is 0.250 e. The van der Waals surface area contributed by atoms with Crippen LogP contribution in [0.25, 0.3) is 0 Å². The summed E-state index contributed by atoms with van der Waals surface area (Å²) in [5.41, 5.74) is 1.78. The van der Waals surface area contributed by atoms with Crippen molar-refractivity contribution in [2.45, 2.75) is 6.54 Å². The number of Topliss-reactive ketones (excluding diaryl/α,β-unsaturated/α-hetero) is 1. The lowest BCUT2D eigenvalue weighted by Gasteiger charge is -2.06. The highest BCUT2D eigenvalue weighted by Gasteiger charge is 2.06. The first-order chi connectivity index (χ1) is 12.1. The van der Waals surface area contributed by atoms with Gasteiger partial charge in [-0.05, 0) is 29.7 Å². The van der Waals surface area contributed by atoms with Gasteiger partial charge < -0.3 is 4.57 Å². The lowest BCUT2D eigenvalue weighted by Crippen LogP contribution is -2.20. The summed E-state index contributed by atoms with van der Waals surface area (Å²) in [5.74, 6) is 4.99. The van der Waals surface area contributed by atoms with E-state index in [1.54, 1.807) is 30.5 Å². The Morgan fingerprint density at radius 2 is 1.68 bits per heavy atom. The maximum Gasteiger partial charge on any atom is 0.250 e. The van der Waals surface area contributed by atoms with E-state index in [9.17, 15) is 9.59 Å². The Bertz CT molecular complexity index is 1030. The second kappa shape index (κ2) is 7.65. The zero-order valence-electron chi connectivity index (χ0n) is 13.3. The summed E-state index contributed by atoms with van der Waals surface area (Å²) in [7, 11) is 0. The number of hydrogen-bond acceptors (Lipinski definition) is 2. The molecule has 0 saturated heterocycles. The molecule has 3 nitrogen and oxygen atoms in total. The third kappa shape index (κ3) is 4.26. The summed E-state index contributed by atoms with van der Waals surface area (Å²) in [6.07, 6.45) is 1.54. The van der Waals surface area contributed by atoms with Crippen molar-refractivity contribution in [2.24, 2.45) is 0 Å². The van der Waals surface area contributed by atoms with Crippen molar-refractivity contribution in [3.05, 3.63) is 105 Å². The number of benzene rings is 2. The number of hydrogen-bond donors (Lipinski definition) is 0. The number of aromatic nitrogens is 1. The molecule has 0 aliphatic carbocycles. The summed E-state index contributed by atoms with van der Waals surface area (Å²) in [6, 6.07) is 19.5. The zero-order chi connectivity index (χ0) is 17.6. The monoisotopic (exact) mass is 347 g/mol. The number of rotatable bonds is 3. The number of halogens is 1. The molecule has 0 atom stereocenters. The Morgan fingerprint density at radius 3 is 2.44 bits per heavy atom. The Morgan fingerprint density at radius 1 is 0.960 bits per heavy atom. The van der Waals surface area contributed by atoms with Crippen LogP contribution in [-0.2, 0) is 6.54 Å². The molecule has 122 valence electrons. The molecule has 0 fully saturated rings. The Labute approximate surface area is 150 Å². The van der Waals surface area contributed by atoms with Crippen LogP contribution in [0.2, 0.25) is 5.02 Å². The first kappa shape index (κ1) is 16.8. The van der Waals surface area contributed by atoms with Crippen LogP contribution in [0.4, 0.5) is 0 Å². The van der Waals surface area contributed by atoms with E-state index in [4.69, 9.17) is 11.6 Å². The molecule has 0 N–H and O–H groups in total. The Kier molecular flexibility index (Phi) is 5.13. The fraction of sp³-hybridized carbons (Fsp3) is 0.0476. The lowest BCUT2D eigenvalue weighted by molar-refractivity contribution is 0.105. The number of ketones is 1. The van der Waals surface area contributed by atoms with Crippen LogP contribution in [0.5, 0.6) is 0 Å². The summed E-state index contributed by atoms with van der Waals surface area (Å²) >= 11 is 6.03. The van der Waals surface area contributed by atoms with Crippen molar-refractivity contribution in [2.75, 3.05) is 0 Å². The van der Waals surface area contributed by atoms with Crippen LogP contribution in [0, 0.1) is 11.8 Å². The van der Waals surface area contributed by atoms with E-state index < -0.39 is 0 Å². The fourth-order valence-electron chi connectivity index (χ4n) is 2.33. The molecule has 0 aliphatic rings. The maximum absolute atomic E-state index is 12.3. The summed E-state index contributed by atoms with van der Waals surface area (Å²) in [6.45, 7) is 0.402. The van der Waals surface area contributed by atoms with Crippen LogP contribution in [0.3, 0.4) is 0 Å². The average Bonchev–Trinajstić information content (AvgIpc) is 2.63. The van der Waals surface area contributed by atoms with Crippen molar-refractivity contribution in [3.8, 4) is 11.8 Å². The van der Waals surface area contributed by atoms with Gasteiger partial charge in [-0.1, -0.05) is 60.0 Å². The highest BCUT2D eigenvalue weighted by Crippen LogP contribution is 2.13. The molecule has 0 radical (unpaired) electrons. The van der Waals surface area contributed by atoms with Gasteiger partial charge in [0.05, 0.1) is 11.6 Å². The second-order valence-corrected chi connectivity index (χ2v) is 5.84. The minimum atomic E-state index is -0.360. The van der Waals surface area contributed by atoms with Gasteiger partial charge in [-0.2, -0.15) is 0 Å². The molecule has 0 spiro atoms. The van der Waals surface area contributed by atoms with Gasteiger partial charge in [0.25, 0.3) is 5.56 Å². The van der Waals surface area contributed by atoms with E-state index in [0.717, 1.165) is 5.56 Å². The molecule has 4 heteroatoms. The van der Waals surface area contributed by atoms with E-state index >= 15 is 0 Å². The van der Waals surface area contributed by atoms with Gasteiger partial charge >= 0.3 is 0 Å². The largest absolute Gasteiger partial charge is 0.310 e. The van der Waals surface area contributed by atoms with Crippen LogP contribution in [0.15, 0.2) is 77.7 Å². The summed E-state index contributed by atoms with van der Waals surface area (Å²) < 4.78 is 1.50.